The Kier molecular flexibility index (Phi) is 8.67. The Balaban J connectivity index is 3.39. The summed E-state index contributed by atoms with van der Waals surface area (Å²) in [5, 5.41) is 2.58. The highest BCUT2D eigenvalue weighted by atomic mass is 19.1. The third kappa shape index (κ3) is 5.58. The molecule has 0 bridgehead atoms. The molecule has 1 aromatic rings. The Bertz CT molecular complexity index is 610. The SMILES string of the molecule is CCC(C)/C=C(/c1cc(C)c(C(=O)NCCF)c(OC)c1)C(C)CC. The summed E-state index contributed by atoms with van der Waals surface area (Å²) in [5.74, 6) is 1.14. The van der Waals surface area contributed by atoms with Crippen molar-refractivity contribution in [3.63, 3.8) is 0 Å². The van der Waals surface area contributed by atoms with Gasteiger partial charge in [0.1, 0.15) is 12.4 Å². The molecule has 25 heavy (non-hydrogen) atoms. The van der Waals surface area contributed by atoms with Crippen molar-refractivity contribution in [2.24, 2.45) is 11.8 Å². The van der Waals surface area contributed by atoms with Gasteiger partial charge in [0.2, 0.25) is 0 Å². The summed E-state index contributed by atoms with van der Waals surface area (Å²) < 4.78 is 17.8. The van der Waals surface area contributed by atoms with E-state index in [9.17, 15) is 9.18 Å². The molecule has 0 saturated carbocycles. The van der Waals surface area contributed by atoms with Gasteiger partial charge < -0.3 is 10.1 Å². The Morgan fingerprint density at radius 2 is 1.96 bits per heavy atom. The molecule has 2 atom stereocenters. The third-order valence-electron chi connectivity index (χ3n) is 4.71. The van der Waals surface area contributed by atoms with Crippen LogP contribution < -0.4 is 10.1 Å². The van der Waals surface area contributed by atoms with Crippen LogP contribution in [0.5, 0.6) is 5.75 Å². The number of halogens is 1. The molecular weight excluding hydrogens is 317 g/mol. The second-order valence-corrected chi connectivity index (χ2v) is 6.63. The zero-order valence-corrected chi connectivity index (χ0v) is 16.4. The number of methoxy groups -OCH3 is 1. The number of rotatable bonds is 9. The molecule has 1 rings (SSSR count). The second-order valence-electron chi connectivity index (χ2n) is 6.63. The van der Waals surface area contributed by atoms with E-state index in [2.05, 4.69) is 39.1 Å². The first kappa shape index (κ1) is 21.2. The predicted octanol–water partition coefficient (Wildman–Crippen LogP) is 5.18. The van der Waals surface area contributed by atoms with Gasteiger partial charge in [-0.2, -0.15) is 0 Å². The Morgan fingerprint density at radius 3 is 2.48 bits per heavy atom. The highest BCUT2D eigenvalue weighted by Gasteiger charge is 2.19. The molecule has 0 aliphatic heterocycles. The van der Waals surface area contributed by atoms with Crippen LogP contribution in [0.3, 0.4) is 0 Å². The minimum atomic E-state index is -0.582. The summed E-state index contributed by atoms with van der Waals surface area (Å²) in [6.07, 6.45) is 4.45. The van der Waals surface area contributed by atoms with Crippen LogP contribution in [0.4, 0.5) is 4.39 Å². The standard InChI is InChI=1S/C21H32FNO2/c1-7-14(3)11-18(15(4)8-2)17-12-16(5)20(19(13-17)25-6)21(24)23-10-9-22/h11-15H,7-10H2,1-6H3,(H,23,24)/b18-11+. The lowest BCUT2D eigenvalue weighted by molar-refractivity contribution is 0.0947. The summed E-state index contributed by atoms with van der Waals surface area (Å²) >= 11 is 0. The molecular formula is C21H32FNO2. The fourth-order valence-corrected chi connectivity index (χ4v) is 2.81. The van der Waals surface area contributed by atoms with Gasteiger partial charge in [0.15, 0.2) is 0 Å². The Morgan fingerprint density at radius 1 is 1.28 bits per heavy atom. The maximum absolute atomic E-state index is 12.4. The zero-order valence-electron chi connectivity index (χ0n) is 16.4. The van der Waals surface area contributed by atoms with Gasteiger partial charge in [-0.15, -0.1) is 0 Å². The van der Waals surface area contributed by atoms with Crippen molar-refractivity contribution in [2.75, 3.05) is 20.3 Å². The summed E-state index contributed by atoms with van der Waals surface area (Å²) in [7, 11) is 1.56. The lowest BCUT2D eigenvalue weighted by Crippen LogP contribution is -2.26. The van der Waals surface area contributed by atoms with Crippen molar-refractivity contribution in [2.45, 2.75) is 47.5 Å². The molecule has 3 nitrogen and oxygen atoms in total. The topological polar surface area (TPSA) is 38.3 Å². The van der Waals surface area contributed by atoms with Gasteiger partial charge in [-0.1, -0.05) is 46.3 Å². The van der Waals surface area contributed by atoms with E-state index in [1.807, 2.05) is 19.1 Å². The monoisotopic (exact) mass is 349 g/mol. The van der Waals surface area contributed by atoms with Crippen LogP contribution in [0.15, 0.2) is 18.2 Å². The average Bonchev–Trinajstić information content (AvgIpc) is 2.62. The first-order valence-electron chi connectivity index (χ1n) is 9.14. The number of carbonyl (C=O) groups is 1. The minimum Gasteiger partial charge on any atom is -0.496 e. The highest BCUT2D eigenvalue weighted by Crippen LogP contribution is 2.33. The molecule has 0 fully saturated rings. The molecule has 1 amide bonds. The minimum absolute atomic E-state index is 0.00914. The van der Waals surface area contributed by atoms with E-state index >= 15 is 0 Å². The van der Waals surface area contributed by atoms with Crippen LogP contribution in [-0.4, -0.2) is 26.2 Å². The van der Waals surface area contributed by atoms with Gasteiger partial charge >= 0.3 is 0 Å². The van der Waals surface area contributed by atoms with Crippen LogP contribution in [0.1, 0.15) is 62.0 Å². The molecule has 1 aromatic carbocycles. The third-order valence-corrected chi connectivity index (χ3v) is 4.71. The summed E-state index contributed by atoms with van der Waals surface area (Å²) in [4.78, 5) is 12.3. The number of alkyl halides is 1. The summed E-state index contributed by atoms with van der Waals surface area (Å²) in [6, 6.07) is 3.96. The molecule has 0 heterocycles. The number of benzene rings is 1. The number of hydrogen-bond acceptors (Lipinski definition) is 2. The zero-order chi connectivity index (χ0) is 19.0. The fraction of sp³-hybridized carbons (Fsp3) is 0.571. The number of carbonyl (C=O) groups excluding carboxylic acids is 1. The van der Waals surface area contributed by atoms with E-state index in [0.717, 1.165) is 24.0 Å². The molecule has 1 N–H and O–H groups in total. The van der Waals surface area contributed by atoms with Crippen LogP contribution in [0.2, 0.25) is 0 Å². The van der Waals surface area contributed by atoms with Crippen molar-refractivity contribution in [1.82, 2.24) is 5.32 Å². The number of aryl methyl sites for hydroxylation is 1. The maximum Gasteiger partial charge on any atom is 0.255 e. The second kappa shape index (κ2) is 10.2. The van der Waals surface area contributed by atoms with E-state index in [-0.39, 0.29) is 12.5 Å². The highest BCUT2D eigenvalue weighted by molar-refractivity contribution is 5.99. The van der Waals surface area contributed by atoms with Crippen LogP contribution in [-0.2, 0) is 0 Å². The average molecular weight is 349 g/mol. The van der Waals surface area contributed by atoms with Gasteiger partial charge in [-0.3, -0.25) is 4.79 Å². The number of amides is 1. The van der Waals surface area contributed by atoms with Crippen molar-refractivity contribution < 1.29 is 13.9 Å². The van der Waals surface area contributed by atoms with Crippen LogP contribution >= 0.6 is 0 Å². The quantitative estimate of drug-likeness (QED) is 0.667. The molecule has 0 aromatic heterocycles. The first-order chi connectivity index (χ1) is 11.9. The number of ether oxygens (including phenoxy) is 1. The van der Waals surface area contributed by atoms with Crippen LogP contribution in [0, 0.1) is 18.8 Å². The van der Waals surface area contributed by atoms with E-state index in [4.69, 9.17) is 4.74 Å². The molecule has 0 aliphatic rings. The first-order valence-corrected chi connectivity index (χ1v) is 9.14. The van der Waals surface area contributed by atoms with E-state index < -0.39 is 6.67 Å². The number of hydrogen-bond donors (Lipinski definition) is 1. The van der Waals surface area contributed by atoms with Gasteiger partial charge in [-0.25, -0.2) is 4.39 Å². The van der Waals surface area contributed by atoms with Crippen molar-refractivity contribution in [1.29, 1.82) is 0 Å². The molecule has 140 valence electrons. The van der Waals surface area contributed by atoms with Gasteiger partial charge in [0.25, 0.3) is 5.91 Å². The normalized spacial score (nSPS) is 14.1. The van der Waals surface area contributed by atoms with Gasteiger partial charge in [-0.05, 0) is 47.9 Å². The van der Waals surface area contributed by atoms with Crippen molar-refractivity contribution >= 4 is 11.5 Å². The van der Waals surface area contributed by atoms with Crippen molar-refractivity contribution in [3.05, 3.63) is 34.9 Å². The number of allylic oxidation sites excluding steroid dienone is 2. The smallest absolute Gasteiger partial charge is 0.255 e. The molecule has 0 spiro atoms. The molecule has 2 unspecified atom stereocenters. The van der Waals surface area contributed by atoms with Gasteiger partial charge in [0, 0.05) is 6.54 Å². The van der Waals surface area contributed by atoms with Gasteiger partial charge in [0.05, 0.1) is 12.7 Å². The molecule has 0 aliphatic carbocycles. The molecule has 0 radical (unpaired) electrons. The maximum atomic E-state index is 12.4. The number of nitrogens with one attached hydrogen (secondary N) is 1. The molecule has 0 saturated heterocycles. The summed E-state index contributed by atoms with van der Waals surface area (Å²) in [6.45, 7) is 10.1. The van der Waals surface area contributed by atoms with Crippen molar-refractivity contribution in [3.8, 4) is 5.75 Å². The summed E-state index contributed by atoms with van der Waals surface area (Å²) in [5.41, 5.74) is 3.69. The Hall–Kier alpha value is -1.84. The Labute approximate surface area is 151 Å². The van der Waals surface area contributed by atoms with Crippen LogP contribution in [0.25, 0.3) is 5.57 Å². The predicted molar refractivity (Wildman–Crippen MR) is 103 cm³/mol. The molecule has 4 heteroatoms. The lowest BCUT2D eigenvalue weighted by atomic mass is 9.87. The lowest BCUT2D eigenvalue weighted by Gasteiger charge is -2.20. The largest absolute Gasteiger partial charge is 0.496 e. The van der Waals surface area contributed by atoms with E-state index in [1.165, 1.54) is 5.57 Å². The van der Waals surface area contributed by atoms with E-state index in [0.29, 0.717) is 23.1 Å². The van der Waals surface area contributed by atoms with E-state index in [1.54, 1.807) is 7.11 Å². The fourth-order valence-electron chi connectivity index (χ4n) is 2.81.